The van der Waals surface area contributed by atoms with Crippen LogP contribution in [0, 0.1) is 19.8 Å². The monoisotopic (exact) mass is 760 g/mol. The van der Waals surface area contributed by atoms with Gasteiger partial charge in [0.15, 0.2) is 0 Å². The minimum Gasteiger partial charge on any atom is -0.310 e. The van der Waals surface area contributed by atoms with Gasteiger partial charge in [-0.25, -0.2) is 0 Å². The van der Waals surface area contributed by atoms with Gasteiger partial charge in [0.25, 0.3) is 0 Å². The highest BCUT2D eigenvalue weighted by Gasteiger charge is 2.19. The molecule has 2 heteroatoms. The van der Waals surface area contributed by atoms with Gasteiger partial charge in [0.05, 0.1) is 0 Å². The van der Waals surface area contributed by atoms with Crippen molar-refractivity contribution < 1.29 is 0 Å². The Balaban J connectivity index is 0.956. The fraction of sp³-hybridized carbons (Fsp3) is 0.0877. The molecule has 8 aromatic rings. The Hall–Kier alpha value is -7.16. The molecule has 0 heterocycles. The molecule has 8 aromatic carbocycles. The minimum atomic E-state index is 0.398. The summed E-state index contributed by atoms with van der Waals surface area (Å²) in [6.07, 6.45) is 8.92. The van der Waals surface area contributed by atoms with E-state index in [1.807, 2.05) is 0 Å². The van der Waals surface area contributed by atoms with Crippen LogP contribution in [0.1, 0.15) is 29.5 Å². The lowest BCUT2D eigenvalue weighted by Crippen LogP contribution is -2.12. The van der Waals surface area contributed by atoms with Gasteiger partial charge in [-0.2, -0.15) is 0 Å². The molecule has 0 aromatic heterocycles. The van der Waals surface area contributed by atoms with Gasteiger partial charge in [-0.05, 0) is 131 Å². The maximum Gasteiger partial charge on any atom is 0.0490 e. The lowest BCUT2D eigenvalue weighted by molar-refractivity contribution is 0.635. The molecular weight excluding hydrogens is 713 g/mol. The molecule has 0 fully saturated rings. The van der Waals surface area contributed by atoms with Gasteiger partial charge in [-0.1, -0.05) is 171 Å². The summed E-state index contributed by atoms with van der Waals surface area (Å²) in [5, 5.41) is 0. The van der Waals surface area contributed by atoms with Crippen molar-refractivity contribution in [2.24, 2.45) is 5.92 Å². The molecular formula is C57H48N2. The Bertz CT molecular complexity index is 2710. The van der Waals surface area contributed by atoms with Crippen LogP contribution in [0.3, 0.4) is 0 Å². The number of rotatable bonds is 10. The first-order valence-electron chi connectivity index (χ1n) is 20.6. The minimum absolute atomic E-state index is 0.398. The molecule has 286 valence electrons. The molecule has 0 saturated carbocycles. The summed E-state index contributed by atoms with van der Waals surface area (Å²) in [5.74, 6) is 0.880. The fourth-order valence-electron chi connectivity index (χ4n) is 8.36. The van der Waals surface area contributed by atoms with E-state index in [4.69, 9.17) is 0 Å². The first kappa shape index (κ1) is 37.4. The highest BCUT2D eigenvalue weighted by molar-refractivity contribution is 5.83. The molecule has 1 aliphatic carbocycles. The van der Waals surface area contributed by atoms with Crippen molar-refractivity contribution in [3.05, 3.63) is 241 Å². The van der Waals surface area contributed by atoms with Crippen molar-refractivity contribution in [3.8, 4) is 33.4 Å². The largest absolute Gasteiger partial charge is 0.310 e. The first-order chi connectivity index (χ1) is 29.0. The molecule has 0 aliphatic heterocycles. The average Bonchev–Trinajstić information content (AvgIpc) is 3.29. The number of benzene rings is 8. The lowest BCUT2D eigenvalue weighted by atomic mass is 9.84. The Morgan fingerprint density at radius 2 is 0.644 bits per heavy atom. The Morgan fingerprint density at radius 1 is 0.322 bits per heavy atom. The standard InChI is InChI=1S/C57H48N2/c1-41-13-7-10-18-55(41)50-31-39-54(40-32-50)59(57-20-12-9-15-43(57)3)53-37-29-49(30-38-53)46-23-21-45(22-24-46)48-27-35-52(36-28-48)58(56-19-11-8-14-42(56)2)51-33-25-47(26-34-51)44-16-5-4-6-17-44/h4-41,55H,1-3H3. The highest BCUT2D eigenvalue weighted by atomic mass is 15.1. The molecule has 9 rings (SSSR count). The van der Waals surface area contributed by atoms with E-state index in [0.717, 1.165) is 22.7 Å². The maximum absolute atomic E-state index is 2.37. The summed E-state index contributed by atoms with van der Waals surface area (Å²) in [6.45, 7) is 6.65. The Kier molecular flexibility index (Phi) is 10.6. The second-order valence-electron chi connectivity index (χ2n) is 15.6. The predicted octanol–water partition coefficient (Wildman–Crippen LogP) is 16.1. The van der Waals surface area contributed by atoms with Crippen LogP contribution < -0.4 is 9.80 Å². The zero-order valence-electron chi connectivity index (χ0n) is 33.9. The van der Waals surface area contributed by atoms with Crippen LogP contribution in [-0.4, -0.2) is 0 Å². The molecule has 0 radical (unpaired) electrons. The number of hydrogen-bond donors (Lipinski definition) is 0. The van der Waals surface area contributed by atoms with Crippen LogP contribution in [-0.2, 0) is 0 Å². The van der Waals surface area contributed by atoms with E-state index in [9.17, 15) is 0 Å². The van der Waals surface area contributed by atoms with Crippen LogP contribution >= 0.6 is 0 Å². The number of hydrogen-bond acceptors (Lipinski definition) is 2. The molecule has 0 bridgehead atoms. The van der Waals surface area contributed by atoms with E-state index in [2.05, 4.69) is 255 Å². The summed E-state index contributed by atoms with van der Waals surface area (Å²) in [5.41, 5.74) is 17.9. The van der Waals surface area contributed by atoms with E-state index in [-0.39, 0.29) is 0 Å². The topological polar surface area (TPSA) is 6.48 Å². The van der Waals surface area contributed by atoms with Gasteiger partial charge >= 0.3 is 0 Å². The van der Waals surface area contributed by atoms with Crippen molar-refractivity contribution in [3.63, 3.8) is 0 Å². The highest BCUT2D eigenvalue weighted by Crippen LogP contribution is 2.41. The molecule has 0 N–H and O–H groups in total. The second kappa shape index (κ2) is 16.7. The van der Waals surface area contributed by atoms with Crippen LogP contribution in [0.15, 0.2) is 224 Å². The number of nitrogens with zero attached hydrogens (tertiary/aromatic N) is 2. The molecule has 0 amide bonds. The lowest BCUT2D eigenvalue weighted by Gasteiger charge is -2.28. The number of para-hydroxylation sites is 2. The van der Waals surface area contributed by atoms with Crippen LogP contribution in [0.25, 0.3) is 33.4 Å². The summed E-state index contributed by atoms with van der Waals surface area (Å²) < 4.78 is 0. The van der Waals surface area contributed by atoms with Crippen LogP contribution in [0.5, 0.6) is 0 Å². The van der Waals surface area contributed by atoms with E-state index in [1.54, 1.807) is 0 Å². The Morgan fingerprint density at radius 3 is 1.03 bits per heavy atom. The molecule has 1 aliphatic rings. The zero-order valence-corrected chi connectivity index (χ0v) is 33.9. The smallest absolute Gasteiger partial charge is 0.0490 e. The SMILES string of the molecule is Cc1ccccc1N(c1ccc(-c2ccccc2)cc1)c1ccc(-c2ccc(-c3ccc(N(c4ccc(C5C=CC=CC5C)cc4)c4ccccc4C)cc3)cc2)cc1. The summed E-state index contributed by atoms with van der Waals surface area (Å²) in [6, 6.07) is 72.6. The second-order valence-corrected chi connectivity index (χ2v) is 15.6. The molecule has 0 saturated heterocycles. The molecule has 2 nitrogen and oxygen atoms in total. The van der Waals surface area contributed by atoms with Crippen molar-refractivity contribution in [1.29, 1.82) is 0 Å². The van der Waals surface area contributed by atoms with Crippen LogP contribution in [0.2, 0.25) is 0 Å². The Labute approximate surface area is 349 Å². The zero-order chi connectivity index (χ0) is 40.1. The van der Waals surface area contributed by atoms with Crippen molar-refractivity contribution >= 4 is 34.1 Å². The predicted molar refractivity (Wildman–Crippen MR) is 252 cm³/mol. The van der Waals surface area contributed by atoms with E-state index in [0.29, 0.717) is 11.8 Å². The first-order valence-corrected chi connectivity index (χ1v) is 20.6. The van der Waals surface area contributed by atoms with Gasteiger partial charge < -0.3 is 9.80 Å². The van der Waals surface area contributed by atoms with Crippen LogP contribution in [0.4, 0.5) is 34.1 Å². The number of anilines is 6. The summed E-state index contributed by atoms with van der Waals surface area (Å²) in [7, 11) is 0. The van der Waals surface area contributed by atoms with E-state index >= 15 is 0 Å². The molecule has 2 unspecified atom stereocenters. The third-order valence-electron chi connectivity index (χ3n) is 11.7. The number of aryl methyl sites for hydroxylation is 2. The molecule has 59 heavy (non-hydrogen) atoms. The summed E-state index contributed by atoms with van der Waals surface area (Å²) in [4.78, 5) is 4.72. The number of allylic oxidation sites excluding steroid dienone is 4. The van der Waals surface area contributed by atoms with Crippen molar-refractivity contribution in [2.75, 3.05) is 9.80 Å². The third kappa shape index (κ3) is 7.91. The fourth-order valence-corrected chi connectivity index (χ4v) is 8.36. The van der Waals surface area contributed by atoms with Gasteiger partial charge in [-0.3, -0.25) is 0 Å². The molecule has 2 atom stereocenters. The van der Waals surface area contributed by atoms with Crippen molar-refractivity contribution in [2.45, 2.75) is 26.7 Å². The third-order valence-corrected chi connectivity index (χ3v) is 11.7. The average molecular weight is 761 g/mol. The normalized spacial score (nSPS) is 14.6. The quantitative estimate of drug-likeness (QED) is 0.137. The maximum atomic E-state index is 2.37. The van der Waals surface area contributed by atoms with E-state index in [1.165, 1.54) is 61.4 Å². The van der Waals surface area contributed by atoms with Gasteiger partial charge in [0, 0.05) is 40.0 Å². The van der Waals surface area contributed by atoms with Gasteiger partial charge in [0.2, 0.25) is 0 Å². The molecule has 0 spiro atoms. The van der Waals surface area contributed by atoms with Gasteiger partial charge in [0.1, 0.15) is 0 Å². The van der Waals surface area contributed by atoms with E-state index < -0.39 is 0 Å². The van der Waals surface area contributed by atoms with Gasteiger partial charge in [-0.15, -0.1) is 0 Å². The van der Waals surface area contributed by atoms with Crippen molar-refractivity contribution in [1.82, 2.24) is 0 Å². The summed E-state index contributed by atoms with van der Waals surface area (Å²) >= 11 is 0.